The highest BCUT2D eigenvalue weighted by Gasteiger charge is 2.63. The van der Waals surface area contributed by atoms with Crippen molar-refractivity contribution < 1.29 is 27.4 Å². The lowest BCUT2D eigenvalue weighted by molar-refractivity contribution is -0.159. The van der Waals surface area contributed by atoms with Gasteiger partial charge in [-0.15, -0.1) is 11.3 Å². The van der Waals surface area contributed by atoms with E-state index in [0.717, 1.165) is 43.4 Å². The van der Waals surface area contributed by atoms with Gasteiger partial charge in [0.2, 0.25) is 5.91 Å². The Balaban J connectivity index is 1.26. The van der Waals surface area contributed by atoms with Gasteiger partial charge in [0.1, 0.15) is 15.8 Å². The van der Waals surface area contributed by atoms with Crippen LogP contribution in [0.3, 0.4) is 0 Å². The Morgan fingerprint density at radius 3 is 2.49 bits per heavy atom. The molecule has 39 heavy (non-hydrogen) atoms. The molecule has 0 saturated heterocycles. The van der Waals surface area contributed by atoms with Crippen LogP contribution in [0.5, 0.6) is 0 Å². The number of hydrogen-bond acceptors (Lipinski definition) is 6. The molecule has 7 nitrogen and oxygen atoms in total. The summed E-state index contributed by atoms with van der Waals surface area (Å²) in [5, 5.41) is 3.09. The molecule has 0 bridgehead atoms. The van der Waals surface area contributed by atoms with E-state index in [1.54, 1.807) is 6.07 Å². The van der Waals surface area contributed by atoms with E-state index in [0.29, 0.717) is 66.3 Å². The van der Waals surface area contributed by atoms with Crippen LogP contribution in [-0.4, -0.2) is 30.4 Å². The lowest BCUT2D eigenvalue weighted by Crippen LogP contribution is -2.57. The number of Topliss-reactive ketones (excluding diaryl/α,β-unsaturated/α-hetero) is 2. The second-order valence-corrected chi connectivity index (χ2v) is 16.2. The first-order chi connectivity index (χ1) is 18.3. The Kier molecular flexibility index (Phi) is 7.68. The van der Waals surface area contributed by atoms with Crippen LogP contribution in [0.1, 0.15) is 103 Å². The maximum absolute atomic E-state index is 13.6. The molecule has 1 amide bonds. The fraction of sp³-hybridized carbons (Fsp3) is 0.767. The predicted molar refractivity (Wildman–Crippen MR) is 150 cm³/mol. The third kappa shape index (κ3) is 5.05. The molecule has 0 radical (unpaired) electrons. The molecule has 216 valence electrons. The molecule has 9 heteroatoms. The SMILES string of the molecule is CCC(NC(=O)C[C@@H](C)[C@H]1CCC2[C@@H]3C(=O)C[C@@H]4CC(=O)CC[C@]4(C)C3CC[C@@]21C)c1ccc(S(=O)(=O)O)s1. The molecule has 1 heterocycles. The minimum Gasteiger partial charge on any atom is -0.348 e. The molecule has 1 aromatic heterocycles. The van der Waals surface area contributed by atoms with Gasteiger partial charge in [-0.2, -0.15) is 8.42 Å². The normalized spacial score (nSPS) is 37.9. The number of thiophene rings is 1. The number of nitrogens with one attached hydrogen (secondary N) is 1. The molecular weight excluding hydrogens is 534 g/mol. The van der Waals surface area contributed by atoms with Gasteiger partial charge in [0.15, 0.2) is 0 Å². The molecule has 0 aromatic carbocycles. The van der Waals surface area contributed by atoms with Crippen LogP contribution in [0.4, 0.5) is 0 Å². The van der Waals surface area contributed by atoms with Crippen LogP contribution in [0.15, 0.2) is 16.3 Å². The van der Waals surface area contributed by atoms with E-state index in [-0.39, 0.29) is 44.7 Å². The van der Waals surface area contributed by atoms with Gasteiger partial charge in [-0.1, -0.05) is 27.7 Å². The van der Waals surface area contributed by atoms with Crippen molar-refractivity contribution in [1.29, 1.82) is 0 Å². The summed E-state index contributed by atoms with van der Waals surface area (Å²) in [6.07, 6.45) is 7.88. The molecular formula is C30H43NO6S2. The molecule has 2 N–H and O–H groups in total. The summed E-state index contributed by atoms with van der Waals surface area (Å²) >= 11 is 0.988. The number of carbonyl (C=O) groups excluding carboxylic acids is 3. The molecule has 4 aliphatic carbocycles. The Morgan fingerprint density at radius 2 is 1.82 bits per heavy atom. The molecule has 3 unspecified atom stereocenters. The summed E-state index contributed by atoms with van der Waals surface area (Å²) in [4.78, 5) is 39.7. The summed E-state index contributed by atoms with van der Waals surface area (Å²) in [5.74, 6) is 2.20. The van der Waals surface area contributed by atoms with E-state index in [4.69, 9.17) is 0 Å². The van der Waals surface area contributed by atoms with Crippen molar-refractivity contribution in [1.82, 2.24) is 5.32 Å². The van der Waals surface area contributed by atoms with Crippen molar-refractivity contribution >= 4 is 38.9 Å². The zero-order chi connectivity index (χ0) is 28.3. The van der Waals surface area contributed by atoms with Gasteiger partial charge in [0, 0.05) is 36.5 Å². The number of amides is 1. The highest BCUT2D eigenvalue weighted by atomic mass is 32.3. The Labute approximate surface area is 236 Å². The van der Waals surface area contributed by atoms with Crippen LogP contribution >= 0.6 is 11.3 Å². The predicted octanol–water partition coefficient (Wildman–Crippen LogP) is 6.00. The topological polar surface area (TPSA) is 118 Å². The maximum atomic E-state index is 13.6. The van der Waals surface area contributed by atoms with Crippen molar-refractivity contribution in [2.75, 3.05) is 0 Å². The number of hydrogen-bond donors (Lipinski definition) is 2. The smallest absolute Gasteiger partial charge is 0.304 e. The van der Waals surface area contributed by atoms with E-state index < -0.39 is 10.1 Å². The van der Waals surface area contributed by atoms with E-state index in [2.05, 4.69) is 26.1 Å². The largest absolute Gasteiger partial charge is 0.348 e. The third-order valence-electron chi connectivity index (χ3n) is 11.5. The number of carbonyl (C=O) groups is 3. The van der Waals surface area contributed by atoms with Crippen molar-refractivity contribution in [3.63, 3.8) is 0 Å². The quantitative estimate of drug-likeness (QED) is 0.384. The van der Waals surface area contributed by atoms with Gasteiger partial charge in [0.25, 0.3) is 0 Å². The fourth-order valence-electron chi connectivity index (χ4n) is 9.42. The zero-order valence-corrected chi connectivity index (χ0v) is 25.2. The maximum Gasteiger partial charge on any atom is 0.304 e. The van der Waals surface area contributed by atoms with Gasteiger partial charge in [0.05, 0.1) is 6.04 Å². The monoisotopic (exact) mass is 577 g/mol. The van der Waals surface area contributed by atoms with Gasteiger partial charge < -0.3 is 5.32 Å². The van der Waals surface area contributed by atoms with Crippen LogP contribution in [0, 0.1) is 46.3 Å². The summed E-state index contributed by atoms with van der Waals surface area (Å²) in [5.41, 5.74) is 0.121. The average Bonchev–Trinajstić information content (AvgIpc) is 3.48. The average molecular weight is 578 g/mol. The van der Waals surface area contributed by atoms with Crippen LogP contribution in [-0.2, 0) is 24.5 Å². The Morgan fingerprint density at radius 1 is 1.10 bits per heavy atom. The number of fused-ring (bicyclic) bond motifs is 5. The molecule has 5 rings (SSSR count). The highest BCUT2D eigenvalue weighted by Crippen LogP contribution is 2.67. The van der Waals surface area contributed by atoms with Crippen molar-refractivity contribution in [3.8, 4) is 0 Å². The number of rotatable bonds is 7. The lowest BCUT2D eigenvalue weighted by Gasteiger charge is -2.59. The first kappa shape index (κ1) is 28.9. The van der Waals surface area contributed by atoms with Gasteiger partial charge in [-0.3, -0.25) is 18.9 Å². The molecule has 4 saturated carbocycles. The minimum atomic E-state index is -4.26. The van der Waals surface area contributed by atoms with Gasteiger partial charge >= 0.3 is 10.1 Å². The number of ketones is 2. The van der Waals surface area contributed by atoms with Gasteiger partial charge in [-0.05, 0) is 91.1 Å². The molecule has 0 aliphatic heterocycles. The minimum absolute atomic E-state index is 0.0342. The second-order valence-electron chi connectivity index (χ2n) is 13.4. The van der Waals surface area contributed by atoms with Crippen LogP contribution in [0.25, 0.3) is 0 Å². The van der Waals surface area contributed by atoms with Crippen molar-refractivity contribution in [2.24, 2.45) is 46.3 Å². The highest BCUT2D eigenvalue weighted by molar-refractivity contribution is 7.88. The third-order valence-corrected chi connectivity index (χ3v) is 14.0. The van der Waals surface area contributed by atoms with Crippen LogP contribution < -0.4 is 5.32 Å². The lowest BCUT2D eigenvalue weighted by atomic mass is 9.44. The Bertz CT molecular complexity index is 1260. The Hall–Kier alpha value is -1.58. The zero-order valence-electron chi connectivity index (χ0n) is 23.6. The summed E-state index contributed by atoms with van der Waals surface area (Å²) in [6, 6.07) is 2.73. The standard InChI is InChI=1S/C30H43NO6S2/c1-5-23(25-8-9-27(38-25)39(35,36)37)31-26(34)14-17(2)20-6-7-21-28-22(11-13-30(20,21)4)29(3)12-10-19(32)15-18(29)16-24(28)33/h8-9,17-18,20-23,28H,5-7,10-16H2,1-4H3,(H,31,34)(H,35,36,37)/t17-,18+,20-,21?,22?,23?,28+,29+,30-/m1/s1. The van der Waals surface area contributed by atoms with Gasteiger partial charge in [-0.25, -0.2) is 0 Å². The summed E-state index contributed by atoms with van der Waals surface area (Å²) in [6.45, 7) is 8.83. The van der Waals surface area contributed by atoms with Crippen molar-refractivity contribution in [2.45, 2.75) is 102 Å². The first-order valence-corrected chi connectivity index (χ1v) is 16.9. The molecule has 0 spiro atoms. The fourth-order valence-corrected chi connectivity index (χ4v) is 11.2. The summed E-state index contributed by atoms with van der Waals surface area (Å²) < 4.78 is 32.2. The molecule has 4 aliphatic rings. The van der Waals surface area contributed by atoms with E-state index in [1.807, 2.05) is 6.92 Å². The molecule has 4 fully saturated rings. The molecule has 9 atom stereocenters. The summed E-state index contributed by atoms with van der Waals surface area (Å²) in [7, 11) is -4.26. The van der Waals surface area contributed by atoms with E-state index in [9.17, 15) is 27.4 Å². The first-order valence-electron chi connectivity index (χ1n) is 14.7. The van der Waals surface area contributed by atoms with E-state index >= 15 is 0 Å². The van der Waals surface area contributed by atoms with Crippen LogP contribution in [0.2, 0.25) is 0 Å². The van der Waals surface area contributed by atoms with Crippen molar-refractivity contribution in [3.05, 3.63) is 17.0 Å². The van der Waals surface area contributed by atoms with E-state index in [1.165, 1.54) is 6.07 Å². The second kappa shape index (κ2) is 10.4. The molecule has 1 aromatic rings.